The van der Waals surface area contributed by atoms with Gasteiger partial charge in [0.25, 0.3) is 0 Å². The van der Waals surface area contributed by atoms with Gasteiger partial charge in [-0.15, -0.1) is 0 Å². The number of halogens is 3. The second-order valence-electron chi connectivity index (χ2n) is 10.6. The molecule has 4 aromatic heterocycles. The summed E-state index contributed by atoms with van der Waals surface area (Å²) < 4.78 is 39.9. The molecule has 0 radical (unpaired) electrons. The standard InChI is InChI=1S/C28H27F3N8O/c1-16(17-2-5-23(33-12-17)39-8-6-27(40,7-9-39)19-3-4-19)37-26-36-13-18(11-32)24(38-26)22-15-35-25-21(22)10-20(14-34-25)28(29,30)31/h2,5,10,12-16,19,40H,3-4,6-9H2,1H3,(H,34,35)(H,36,37,38). The van der Waals surface area contributed by atoms with Crippen LogP contribution < -0.4 is 10.2 Å². The Morgan fingerprint density at radius 3 is 2.58 bits per heavy atom. The number of piperidine rings is 1. The number of nitrogens with zero attached hydrogens (tertiary/aromatic N) is 6. The predicted molar refractivity (Wildman–Crippen MR) is 142 cm³/mol. The predicted octanol–water partition coefficient (Wildman–Crippen LogP) is 5.22. The van der Waals surface area contributed by atoms with E-state index in [2.05, 4.69) is 35.1 Å². The zero-order valence-electron chi connectivity index (χ0n) is 21.7. The molecule has 3 N–H and O–H groups in total. The number of anilines is 2. The Bertz CT molecular complexity index is 1580. The molecule has 1 aliphatic carbocycles. The van der Waals surface area contributed by atoms with Crippen molar-refractivity contribution in [2.45, 2.75) is 50.4 Å². The van der Waals surface area contributed by atoms with E-state index in [1.165, 1.54) is 12.4 Å². The molecule has 1 atom stereocenters. The molecule has 12 heteroatoms. The molecule has 0 spiro atoms. The SMILES string of the molecule is CC(Nc1ncc(C#N)c(-c2c[nH]c3ncc(C(F)(F)F)cc23)n1)c1ccc(N2CCC(O)(C3CC3)CC2)nc1. The van der Waals surface area contributed by atoms with Crippen molar-refractivity contribution >= 4 is 22.8 Å². The van der Waals surface area contributed by atoms with Crippen LogP contribution in [0.25, 0.3) is 22.3 Å². The van der Waals surface area contributed by atoms with Gasteiger partial charge in [-0.05, 0) is 56.2 Å². The summed E-state index contributed by atoms with van der Waals surface area (Å²) in [7, 11) is 0. The van der Waals surface area contributed by atoms with Gasteiger partial charge in [0.2, 0.25) is 5.95 Å². The molecule has 2 aliphatic rings. The number of H-pyrrole nitrogens is 1. The molecule has 40 heavy (non-hydrogen) atoms. The van der Waals surface area contributed by atoms with Crippen LogP contribution in [0.3, 0.4) is 0 Å². The minimum atomic E-state index is -4.56. The number of alkyl halides is 3. The molecular formula is C28H27F3N8O. The summed E-state index contributed by atoms with van der Waals surface area (Å²) in [5.74, 6) is 1.53. The lowest BCUT2D eigenvalue weighted by atomic mass is 9.87. The molecule has 2 fully saturated rings. The number of aliphatic hydroxyl groups is 1. The first-order valence-electron chi connectivity index (χ1n) is 13.2. The molecule has 4 aromatic rings. The average Bonchev–Trinajstić information content (AvgIpc) is 3.73. The van der Waals surface area contributed by atoms with E-state index in [-0.39, 0.29) is 34.3 Å². The second-order valence-corrected chi connectivity index (χ2v) is 10.6. The van der Waals surface area contributed by atoms with Crippen LogP contribution in [-0.2, 0) is 6.18 Å². The topological polar surface area (TPSA) is 127 Å². The molecule has 0 bridgehead atoms. The van der Waals surface area contributed by atoms with Crippen LogP contribution in [0, 0.1) is 17.2 Å². The largest absolute Gasteiger partial charge is 0.417 e. The van der Waals surface area contributed by atoms with E-state index in [4.69, 9.17) is 0 Å². The van der Waals surface area contributed by atoms with Crippen molar-refractivity contribution < 1.29 is 18.3 Å². The van der Waals surface area contributed by atoms with Gasteiger partial charge in [-0.3, -0.25) is 0 Å². The average molecular weight is 549 g/mol. The summed E-state index contributed by atoms with van der Waals surface area (Å²) in [5.41, 5.74) is 0.366. The number of aromatic nitrogens is 5. The first-order chi connectivity index (χ1) is 19.1. The number of nitriles is 1. The third-order valence-corrected chi connectivity index (χ3v) is 7.93. The van der Waals surface area contributed by atoms with Crippen LogP contribution in [0.5, 0.6) is 0 Å². The Kier molecular flexibility index (Phi) is 6.34. The molecule has 9 nitrogen and oxygen atoms in total. The van der Waals surface area contributed by atoms with Gasteiger partial charge < -0.3 is 20.3 Å². The van der Waals surface area contributed by atoms with Gasteiger partial charge in [-0.1, -0.05) is 6.07 Å². The molecule has 1 saturated heterocycles. The van der Waals surface area contributed by atoms with Gasteiger partial charge in [0.15, 0.2) is 0 Å². The fraction of sp³-hybridized carbons (Fsp3) is 0.393. The highest BCUT2D eigenvalue weighted by Crippen LogP contribution is 2.45. The first kappa shape index (κ1) is 26.0. The summed E-state index contributed by atoms with van der Waals surface area (Å²) >= 11 is 0. The second kappa shape index (κ2) is 9.75. The van der Waals surface area contributed by atoms with Crippen LogP contribution in [-0.4, -0.2) is 48.7 Å². The summed E-state index contributed by atoms with van der Waals surface area (Å²) in [5, 5.41) is 23.8. The smallest absolute Gasteiger partial charge is 0.389 e. The van der Waals surface area contributed by atoms with Crippen LogP contribution in [0.1, 0.15) is 55.3 Å². The molecule has 1 unspecified atom stereocenters. The molecule has 1 aliphatic heterocycles. The summed E-state index contributed by atoms with van der Waals surface area (Å²) in [6.45, 7) is 3.45. The van der Waals surface area contributed by atoms with Gasteiger partial charge in [0, 0.05) is 42.6 Å². The maximum Gasteiger partial charge on any atom is 0.417 e. The van der Waals surface area contributed by atoms with Crippen LogP contribution in [0.2, 0.25) is 0 Å². The molecule has 0 amide bonds. The number of nitrogens with one attached hydrogen (secondary N) is 2. The number of rotatable bonds is 6. The Labute approximate surface area is 228 Å². The van der Waals surface area contributed by atoms with Crippen LogP contribution >= 0.6 is 0 Å². The fourth-order valence-corrected chi connectivity index (χ4v) is 5.36. The summed E-state index contributed by atoms with van der Waals surface area (Å²) in [6.07, 6.45) is 4.57. The number of hydrogen-bond acceptors (Lipinski definition) is 8. The molecule has 6 rings (SSSR count). The number of pyridine rings is 2. The monoisotopic (exact) mass is 548 g/mol. The molecule has 1 saturated carbocycles. The van der Waals surface area contributed by atoms with Crippen molar-refractivity contribution in [1.29, 1.82) is 5.26 Å². The quantitative estimate of drug-likeness (QED) is 0.299. The minimum absolute atomic E-state index is 0.123. The van der Waals surface area contributed by atoms with Gasteiger partial charge >= 0.3 is 6.18 Å². The molecule has 5 heterocycles. The fourth-order valence-electron chi connectivity index (χ4n) is 5.36. The van der Waals surface area contributed by atoms with E-state index in [0.29, 0.717) is 11.5 Å². The maximum absolute atomic E-state index is 13.3. The maximum atomic E-state index is 13.3. The third-order valence-electron chi connectivity index (χ3n) is 7.93. The van der Waals surface area contributed by atoms with Crippen LogP contribution in [0.15, 0.2) is 43.0 Å². The summed E-state index contributed by atoms with van der Waals surface area (Å²) in [6, 6.07) is 6.69. The lowest BCUT2D eigenvalue weighted by Gasteiger charge is -2.39. The Morgan fingerprint density at radius 1 is 1.15 bits per heavy atom. The minimum Gasteiger partial charge on any atom is -0.389 e. The highest BCUT2D eigenvalue weighted by Gasteiger charge is 2.45. The zero-order valence-corrected chi connectivity index (χ0v) is 21.7. The highest BCUT2D eigenvalue weighted by atomic mass is 19.4. The first-order valence-corrected chi connectivity index (χ1v) is 13.2. The Balaban J connectivity index is 1.20. The van der Waals surface area contributed by atoms with Crippen molar-refractivity contribution in [3.05, 3.63) is 59.7 Å². The van der Waals surface area contributed by atoms with E-state index < -0.39 is 17.3 Å². The lowest BCUT2D eigenvalue weighted by molar-refractivity contribution is -0.137. The number of fused-ring (bicyclic) bond motifs is 1. The van der Waals surface area contributed by atoms with Crippen molar-refractivity contribution in [3.63, 3.8) is 0 Å². The number of aromatic amines is 1. The van der Waals surface area contributed by atoms with E-state index in [0.717, 1.165) is 62.4 Å². The molecule has 0 aromatic carbocycles. The van der Waals surface area contributed by atoms with Gasteiger partial charge in [0.05, 0.1) is 34.7 Å². The van der Waals surface area contributed by atoms with Gasteiger partial charge in [-0.2, -0.15) is 18.4 Å². The van der Waals surface area contributed by atoms with Crippen molar-refractivity contribution in [1.82, 2.24) is 24.9 Å². The van der Waals surface area contributed by atoms with Gasteiger partial charge in [-0.25, -0.2) is 19.9 Å². The van der Waals surface area contributed by atoms with Crippen molar-refractivity contribution in [2.75, 3.05) is 23.3 Å². The molecular weight excluding hydrogens is 521 g/mol. The van der Waals surface area contributed by atoms with E-state index in [1.807, 2.05) is 25.1 Å². The van der Waals surface area contributed by atoms with Gasteiger partial charge in [0.1, 0.15) is 17.5 Å². The van der Waals surface area contributed by atoms with Crippen molar-refractivity contribution in [3.8, 4) is 17.3 Å². The van der Waals surface area contributed by atoms with Crippen LogP contribution in [0.4, 0.5) is 24.9 Å². The lowest BCUT2D eigenvalue weighted by Crippen LogP contribution is -2.46. The highest BCUT2D eigenvalue weighted by molar-refractivity contribution is 5.94. The normalized spacial score (nSPS) is 17.9. The molecule has 206 valence electrons. The summed E-state index contributed by atoms with van der Waals surface area (Å²) in [4.78, 5) is 22.3. The van der Waals surface area contributed by atoms with E-state index in [9.17, 15) is 23.5 Å². The van der Waals surface area contributed by atoms with Crippen molar-refractivity contribution in [2.24, 2.45) is 5.92 Å². The Hall–Kier alpha value is -4.24. The number of hydrogen-bond donors (Lipinski definition) is 3. The third kappa shape index (κ3) is 4.93. The Morgan fingerprint density at radius 2 is 1.93 bits per heavy atom. The van der Waals surface area contributed by atoms with E-state index >= 15 is 0 Å². The zero-order chi connectivity index (χ0) is 28.1. The van der Waals surface area contributed by atoms with E-state index in [1.54, 1.807) is 6.20 Å².